The van der Waals surface area contributed by atoms with Gasteiger partial charge in [0.1, 0.15) is 0 Å². The predicted molar refractivity (Wildman–Crippen MR) is 129 cm³/mol. The Morgan fingerprint density at radius 3 is 1.82 bits per heavy atom. The van der Waals surface area contributed by atoms with Crippen molar-refractivity contribution < 1.29 is 29.7 Å². The van der Waals surface area contributed by atoms with E-state index >= 15 is 0 Å². The van der Waals surface area contributed by atoms with Crippen LogP contribution in [0, 0.1) is 0 Å². The average molecular weight is 494 g/mol. The van der Waals surface area contributed by atoms with Crippen LogP contribution in [0.5, 0.6) is 0 Å². The fraction of sp³-hybridized carbons (Fsp3) is 0.545. The number of nitrogens with zero attached hydrogens (tertiary/aromatic N) is 4. The summed E-state index contributed by atoms with van der Waals surface area (Å²) in [6.45, 7) is 3.22. The lowest BCUT2D eigenvalue weighted by Gasteiger charge is -2.29. The molecule has 4 N–H and O–H groups in total. The van der Waals surface area contributed by atoms with Gasteiger partial charge in [0.2, 0.25) is 0 Å². The highest BCUT2D eigenvalue weighted by atomic mass is 32.1. The van der Waals surface area contributed by atoms with E-state index in [-0.39, 0.29) is 25.7 Å². The maximum Gasteiger partial charge on any atom is 0.317 e. The molecule has 1 unspecified atom stereocenters. The molecule has 1 aromatic rings. The van der Waals surface area contributed by atoms with E-state index in [1.165, 1.54) is 0 Å². The number of nitrogens with one attached hydrogen (secondary N) is 1. The molecule has 12 heteroatoms. The zero-order valence-electron chi connectivity index (χ0n) is 18.9. The molecular weight excluding hydrogens is 462 g/mol. The zero-order valence-corrected chi connectivity index (χ0v) is 19.7. The molecule has 1 aliphatic heterocycles. The summed E-state index contributed by atoms with van der Waals surface area (Å²) in [5, 5.41) is 33.0. The number of carbonyl (C=O) groups is 3. The summed E-state index contributed by atoms with van der Waals surface area (Å²) < 4.78 is 0. The molecule has 0 saturated carbocycles. The first kappa shape index (κ1) is 27.5. The maximum atomic E-state index is 11.2. The second-order valence-electron chi connectivity index (χ2n) is 8.19. The number of isothiocyanates is 1. The molecule has 1 saturated heterocycles. The van der Waals surface area contributed by atoms with Crippen molar-refractivity contribution in [1.29, 1.82) is 0 Å². The van der Waals surface area contributed by atoms with Crippen LogP contribution in [0.3, 0.4) is 0 Å². The highest BCUT2D eigenvalue weighted by Crippen LogP contribution is 2.14. The van der Waals surface area contributed by atoms with Gasteiger partial charge in [0.15, 0.2) is 0 Å². The highest BCUT2D eigenvalue weighted by Gasteiger charge is 2.22. The first-order valence-corrected chi connectivity index (χ1v) is 11.4. The summed E-state index contributed by atoms with van der Waals surface area (Å²) >= 11 is 4.62. The Balaban J connectivity index is 2.12. The first-order valence-electron chi connectivity index (χ1n) is 11.0. The number of carboxylic acid groups (broad SMARTS) is 3. The van der Waals surface area contributed by atoms with Crippen LogP contribution in [0.1, 0.15) is 5.56 Å². The molecule has 34 heavy (non-hydrogen) atoms. The van der Waals surface area contributed by atoms with E-state index in [1.807, 2.05) is 24.3 Å². The van der Waals surface area contributed by atoms with Gasteiger partial charge in [0.05, 0.1) is 30.5 Å². The summed E-state index contributed by atoms with van der Waals surface area (Å²) in [5.41, 5.74) is 1.68. The highest BCUT2D eigenvalue weighted by molar-refractivity contribution is 7.78. The number of rotatable bonds is 12. The molecule has 0 aliphatic carbocycles. The largest absolute Gasteiger partial charge is 0.480 e. The van der Waals surface area contributed by atoms with Gasteiger partial charge < -0.3 is 20.6 Å². The minimum absolute atomic E-state index is 0.119. The third-order valence-corrected chi connectivity index (χ3v) is 5.62. The minimum atomic E-state index is -0.958. The number of hydrogen-bond acceptors (Lipinski definition) is 9. The van der Waals surface area contributed by atoms with Crippen molar-refractivity contribution in [2.45, 2.75) is 12.5 Å². The van der Waals surface area contributed by atoms with Crippen LogP contribution in [0.15, 0.2) is 29.3 Å². The van der Waals surface area contributed by atoms with Crippen LogP contribution in [0.4, 0.5) is 5.69 Å². The molecule has 0 spiro atoms. The Labute approximate surface area is 203 Å². The Kier molecular flexibility index (Phi) is 11.7. The quantitative estimate of drug-likeness (QED) is 0.232. The summed E-state index contributed by atoms with van der Waals surface area (Å²) in [7, 11) is 0. The number of aliphatic imine (C=N–C) groups is 1. The van der Waals surface area contributed by atoms with E-state index in [0.717, 1.165) is 5.56 Å². The van der Waals surface area contributed by atoms with Gasteiger partial charge in [-0.15, -0.1) is 0 Å². The summed E-state index contributed by atoms with van der Waals surface area (Å²) in [5.74, 6) is -2.82. The SMILES string of the molecule is O=C(O)CNC(Cc1ccc(N=C=S)cc1)CN1CCN(CC(=O)O)CCN(CC(=O)O)CC1. The third-order valence-electron chi connectivity index (χ3n) is 5.53. The smallest absolute Gasteiger partial charge is 0.317 e. The van der Waals surface area contributed by atoms with Gasteiger partial charge in [-0.25, -0.2) is 0 Å². The van der Waals surface area contributed by atoms with Gasteiger partial charge in [0.25, 0.3) is 0 Å². The van der Waals surface area contributed by atoms with Crippen molar-refractivity contribution in [3.05, 3.63) is 29.8 Å². The van der Waals surface area contributed by atoms with Crippen molar-refractivity contribution in [3.63, 3.8) is 0 Å². The normalized spacial score (nSPS) is 17.1. The topological polar surface area (TPSA) is 146 Å². The van der Waals surface area contributed by atoms with Gasteiger partial charge >= 0.3 is 17.9 Å². The van der Waals surface area contributed by atoms with Gasteiger partial charge in [-0.2, -0.15) is 4.99 Å². The van der Waals surface area contributed by atoms with Crippen molar-refractivity contribution in [2.24, 2.45) is 4.99 Å². The fourth-order valence-electron chi connectivity index (χ4n) is 3.85. The fourth-order valence-corrected chi connectivity index (χ4v) is 3.96. The number of carboxylic acids is 3. The molecule has 2 rings (SSSR count). The van der Waals surface area contributed by atoms with Crippen LogP contribution in [-0.2, 0) is 20.8 Å². The molecule has 1 atom stereocenters. The molecule has 11 nitrogen and oxygen atoms in total. The van der Waals surface area contributed by atoms with Gasteiger partial charge in [-0.05, 0) is 36.3 Å². The van der Waals surface area contributed by atoms with Crippen LogP contribution in [-0.4, -0.2) is 125 Å². The number of benzene rings is 1. The van der Waals surface area contributed by atoms with Crippen LogP contribution in [0.25, 0.3) is 0 Å². The van der Waals surface area contributed by atoms with Crippen LogP contribution in [0.2, 0.25) is 0 Å². The van der Waals surface area contributed by atoms with E-state index in [1.54, 1.807) is 9.80 Å². The van der Waals surface area contributed by atoms with Crippen molar-refractivity contribution in [3.8, 4) is 0 Å². The summed E-state index contributed by atoms with van der Waals surface area (Å²) in [4.78, 5) is 43.3. The molecule has 0 amide bonds. The summed E-state index contributed by atoms with van der Waals surface area (Å²) in [6, 6.07) is 7.26. The monoisotopic (exact) mass is 493 g/mol. The lowest BCUT2D eigenvalue weighted by Crippen LogP contribution is -2.47. The van der Waals surface area contributed by atoms with Crippen molar-refractivity contribution in [1.82, 2.24) is 20.0 Å². The van der Waals surface area contributed by atoms with Crippen LogP contribution < -0.4 is 5.32 Å². The summed E-state index contributed by atoms with van der Waals surface area (Å²) in [6.07, 6.45) is 0.572. The third kappa shape index (κ3) is 10.9. The molecule has 186 valence electrons. The van der Waals surface area contributed by atoms with E-state index in [0.29, 0.717) is 57.9 Å². The van der Waals surface area contributed by atoms with Crippen LogP contribution >= 0.6 is 12.2 Å². The Bertz CT molecular complexity index is 849. The Morgan fingerprint density at radius 1 is 0.882 bits per heavy atom. The molecule has 1 aliphatic rings. The molecule has 0 radical (unpaired) electrons. The lowest BCUT2D eigenvalue weighted by atomic mass is 10.0. The molecule has 0 aromatic heterocycles. The van der Waals surface area contributed by atoms with E-state index in [2.05, 4.69) is 32.6 Å². The first-order chi connectivity index (χ1) is 16.2. The second kappa shape index (κ2) is 14.5. The molecule has 1 aromatic carbocycles. The Hall–Kier alpha value is -2.73. The maximum absolute atomic E-state index is 11.2. The number of thiocarbonyl (C=S) groups is 1. The predicted octanol–water partition coefficient (Wildman–Crippen LogP) is 0.0950. The molecule has 1 fully saturated rings. The zero-order chi connectivity index (χ0) is 24.9. The average Bonchev–Trinajstić information content (AvgIpc) is 2.85. The van der Waals surface area contributed by atoms with E-state index in [9.17, 15) is 24.6 Å². The van der Waals surface area contributed by atoms with Gasteiger partial charge in [-0.1, -0.05) is 12.1 Å². The molecular formula is C22H31N5O6S. The molecule has 0 bridgehead atoms. The number of hydrogen-bond donors (Lipinski definition) is 4. The van der Waals surface area contributed by atoms with Gasteiger partial charge in [0, 0.05) is 51.9 Å². The van der Waals surface area contributed by atoms with E-state index < -0.39 is 17.9 Å². The number of aliphatic carboxylic acids is 3. The van der Waals surface area contributed by atoms with Crippen molar-refractivity contribution in [2.75, 3.05) is 65.4 Å². The Morgan fingerprint density at radius 2 is 1.38 bits per heavy atom. The lowest BCUT2D eigenvalue weighted by molar-refractivity contribution is -0.140. The van der Waals surface area contributed by atoms with E-state index in [4.69, 9.17) is 5.11 Å². The van der Waals surface area contributed by atoms with Crippen molar-refractivity contribution >= 4 is 41.0 Å². The second-order valence-corrected chi connectivity index (χ2v) is 8.37. The minimum Gasteiger partial charge on any atom is -0.480 e. The standard InChI is InChI=1S/C22H31N5O6S/c28-20(29)12-23-19(11-17-1-3-18(4-2-17)24-16-34)13-25-5-7-26(14-21(30)31)9-10-27(8-6-25)15-22(32)33/h1-4,19,23H,5-15H2,(H,28,29)(H,30,31)(H,32,33). The van der Waals surface area contributed by atoms with Gasteiger partial charge in [-0.3, -0.25) is 29.1 Å². The molecule has 1 heterocycles.